The van der Waals surface area contributed by atoms with Gasteiger partial charge >= 0.3 is 5.97 Å². The molecule has 0 atom stereocenters. The molecule has 0 aromatic heterocycles. The molecule has 0 N–H and O–H groups in total. The fraction of sp³-hybridized carbons (Fsp3) is 0.417. The van der Waals surface area contributed by atoms with E-state index >= 15 is 0 Å². The molecule has 0 spiro atoms. The monoisotopic (exact) mass is 207 g/mol. The summed E-state index contributed by atoms with van der Waals surface area (Å²) in [6.45, 7) is 3.26. The highest BCUT2D eigenvalue weighted by Crippen LogP contribution is 2.13. The van der Waals surface area contributed by atoms with E-state index in [1.165, 1.54) is 7.11 Å². The van der Waals surface area contributed by atoms with Crippen molar-refractivity contribution in [1.29, 1.82) is 0 Å². The van der Waals surface area contributed by atoms with E-state index < -0.39 is 0 Å². The molecule has 0 radical (unpaired) electrons. The lowest BCUT2D eigenvalue weighted by Gasteiger charge is -2.22. The number of benzene rings is 1. The molecule has 0 heterocycles. The fourth-order valence-electron chi connectivity index (χ4n) is 1.43. The van der Waals surface area contributed by atoms with Gasteiger partial charge < -0.3 is 9.64 Å². The largest absolute Gasteiger partial charge is 0.468 e. The molecule has 0 unspecified atom stereocenters. The van der Waals surface area contributed by atoms with Gasteiger partial charge in [0, 0.05) is 12.2 Å². The van der Waals surface area contributed by atoms with Crippen LogP contribution in [0.1, 0.15) is 13.3 Å². The Labute approximate surface area is 90.7 Å². The van der Waals surface area contributed by atoms with Crippen molar-refractivity contribution >= 4 is 11.7 Å². The number of ether oxygens (including phenoxy) is 1. The first-order valence-electron chi connectivity index (χ1n) is 5.14. The molecule has 3 nitrogen and oxygen atoms in total. The Balaban J connectivity index is 2.70. The van der Waals surface area contributed by atoms with Crippen molar-refractivity contribution in [3.8, 4) is 0 Å². The number of esters is 1. The Morgan fingerprint density at radius 1 is 1.33 bits per heavy atom. The second-order valence-corrected chi connectivity index (χ2v) is 3.33. The molecule has 1 aromatic carbocycles. The van der Waals surface area contributed by atoms with E-state index in [0.717, 1.165) is 18.7 Å². The molecule has 0 bridgehead atoms. The number of hydrogen-bond donors (Lipinski definition) is 0. The third kappa shape index (κ3) is 3.62. The van der Waals surface area contributed by atoms with Gasteiger partial charge in [0.15, 0.2) is 0 Å². The molecule has 15 heavy (non-hydrogen) atoms. The number of anilines is 1. The lowest BCUT2D eigenvalue weighted by Crippen LogP contribution is -2.31. The number of para-hydroxylation sites is 1. The maximum absolute atomic E-state index is 11.2. The molecule has 0 aliphatic carbocycles. The highest BCUT2D eigenvalue weighted by atomic mass is 16.5. The predicted octanol–water partition coefficient (Wildman–Crippen LogP) is 2.08. The van der Waals surface area contributed by atoms with E-state index in [2.05, 4.69) is 11.7 Å². The maximum Gasteiger partial charge on any atom is 0.325 e. The first-order valence-corrected chi connectivity index (χ1v) is 5.14. The van der Waals surface area contributed by atoms with Gasteiger partial charge in [-0.15, -0.1) is 0 Å². The zero-order valence-corrected chi connectivity index (χ0v) is 9.27. The van der Waals surface area contributed by atoms with Crippen molar-refractivity contribution in [3.63, 3.8) is 0 Å². The lowest BCUT2D eigenvalue weighted by atomic mass is 10.2. The average molecular weight is 207 g/mol. The van der Waals surface area contributed by atoms with Crippen LogP contribution < -0.4 is 4.90 Å². The van der Waals surface area contributed by atoms with Crippen LogP contribution in [-0.4, -0.2) is 26.2 Å². The number of rotatable bonds is 5. The fourth-order valence-corrected chi connectivity index (χ4v) is 1.43. The van der Waals surface area contributed by atoms with Gasteiger partial charge in [-0.3, -0.25) is 4.79 Å². The van der Waals surface area contributed by atoms with Crippen LogP contribution in [0, 0.1) is 0 Å². The molecular weight excluding hydrogens is 190 g/mol. The van der Waals surface area contributed by atoms with E-state index in [1.807, 2.05) is 35.2 Å². The van der Waals surface area contributed by atoms with Crippen molar-refractivity contribution in [2.75, 3.05) is 25.1 Å². The number of carbonyl (C=O) groups excluding carboxylic acids is 1. The van der Waals surface area contributed by atoms with E-state index in [1.54, 1.807) is 0 Å². The Morgan fingerprint density at radius 3 is 2.53 bits per heavy atom. The van der Waals surface area contributed by atoms with Gasteiger partial charge in [-0.2, -0.15) is 0 Å². The van der Waals surface area contributed by atoms with Gasteiger partial charge in [-0.05, 0) is 18.6 Å². The van der Waals surface area contributed by atoms with Crippen molar-refractivity contribution in [2.24, 2.45) is 0 Å². The SMILES string of the molecule is CCCN(CC(=O)OC)c1ccccc1. The lowest BCUT2D eigenvalue weighted by molar-refractivity contribution is -0.138. The van der Waals surface area contributed by atoms with Gasteiger partial charge in [-0.1, -0.05) is 25.1 Å². The van der Waals surface area contributed by atoms with Crippen molar-refractivity contribution in [3.05, 3.63) is 30.3 Å². The first kappa shape index (κ1) is 11.6. The molecule has 0 fully saturated rings. The van der Waals surface area contributed by atoms with Crippen LogP contribution in [0.15, 0.2) is 30.3 Å². The Morgan fingerprint density at radius 2 is 2.00 bits per heavy atom. The highest BCUT2D eigenvalue weighted by molar-refractivity contribution is 5.75. The van der Waals surface area contributed by atoms with Crippen molar-refractivity contribution < 1.29 is 9.53 Å². The summed E-state index contributed by atoms with van der Waals surface area (Å²) in [5, 5.41) is 0. The summed E-state index contributed by atoms with van der Waals surface area (Å²) >= 11 is 0. The summed E-state index contributed by atoms with van der Waals surface area (Å²) < 4.78 is 4.67. The Hall–Kier alpha value is -1.51. The molecule has 0 amide bonds. The quantitative estimate of drug-likeness (QED) is 0.692. The number of hydrogen-bond acceptors (Lipinski definition) is 3. The summed E-state index contributed by atoms with van der Waals surface area (Å²) in [6, 6.07) is 9.90. The zero-order chi connectivity index (χ0) is 11.1. The first-order chi connectivity index (χ1) is 7.27. The standard InChI is InChI=1S/C12H17NO2/c1-3-9-13(10-12(14)15-2)11-7-5-4-6-8-11/h4-8H,3,9-10H2,1-2H3. The number of carbonyl (C=O) groups is 1. The Kier molecular flexibility index (Phi) is 4.68. The molecule has 3 heteroatoms. The van der Waals surface area contributed by atoms with Gasteiger partial charge in [0.2, 0.25) is 0 Å². The highest BCUT2D eigenvalue weighted by Gasteiger charge is 2.09. The summed E-state index contributed by atoms with van der Waals surface area (Å²) in [4.78, 5) is 13.2. The van der Waals surface area contributed by atoms with Crippen LogP contribution in [0.3, 0.4) is 0 Å². The summed E-state index contributed by atoms with van der Waals surface area (Å²) in [6.07, 6.45) is 1.01. The molecule has 0 aliphatic rings. The van der Waals surface area contributed by atoms with Crippen LogP contribution in [0.4, 0.5) is 5.69 Å². The average Bonchev–Trinajstić information content (AvgIpc) is 2.29. The van der Waals surface area contributed by atoms with Crippen LogP contribution in [-0.2, 0) is 9.53 Å². The van der Waals surface area contributed by atoms with E-state index in [0.29, 0.717) is 6.54 Å². The van der Waals surface area contributed by atoms with Crippen LogP contribution in [0.5, 0.6) is 0 Å². The van der Waals surface area contributed by atoms with E-state index in [4.69, 9.17) is 0 Å². The maximum atomic E-state index is 11.2. The minimum Gasteiger partial charge on any atom is -0.468 e. The summed E-state index contributed by atoms with van der Waals surface area (Å²) in [7, 11) is 1.41. The molecule has 1 rings (SSSR count). The van der Waals surface area contributed by atoms with Crippen LogP contribution >= 0.6 is 0 Å². The second-order valence-electron chi connectivity index (χ2n) is 3.33. The van der Waals surface area contributed by atoms with Crippen LogP contribution in [0.25, 0.3) is 0 Å². The van der Waals surface area contributed by atoms with Gasteiger partial charge in [0.05, 0.1) is 7.11 Å². The number of methoxy groups -OCH3 is 1. The third-order valence-electron chi connectivity index (χ3n) is 2.16. The van der Waals surface area contributed by atoms with E-state index in [9.17, 15) is 4.79 Å². The van der Waals surface area contributed by atoms with Crippen molar-refractivity contribution in [2.45, 2.75) is 13.3 Å². The van der Waals surface area contributed by atoms with Gasteiger partial charge in [0.25, 0.3) is 0 Å². The molecule has 0 saturated carbocycles. The zero-order valence-electron chi connectivity index (χ0n) is 9.27. The van der Waals surface area contributed by atoms with Gasteiger partial charge in [0.1, 0.15) is 6.54 Å². The van der Waals surface area contributed by atoms with Crippen LogP contribution in [0.2, 0.25) is 0 Å². The molecule has 1 aromatic rings. The molecular formula is C12H17NO2. The normalized spacial score (nSPS) is 9.73. The number of nitrogens with zero attached hydrogens (tertiary/aromatic N) is 1. The smallest absolute Gasteiger partial charge is 0.325 e. The summed E-state index contributed by atoms with van der Waals surface area (Å²) in [5.41, 5.74) is 1.06. The molecule has 0 saturated heterocycles. The topological polar surface area (TPSA) is 29.5 Å². The molecule has 82 valence electrons. The van der Waals surface area contributed by atoms with Crippen molar-refractivity contribution in [1.82, 2.24) is 0 Å². The van der Waals surface area contributed by atoms with E-state index in [-0.39, 0.29) is 5.97 Å². The van der Waals surface area contributed by atoms with Gasteiger partial charge in [-0.25, -0.2) is 0 Å². The molecule has 0 aliphatic heterocycles. The second kappa shape index (κ2) is 6.06. The minimum atomic E-state index is -0.202. The summed E-state index contributed by atoms with van der Waals surface area (Å²) in [5.74, 6) is -0.202. The third-order valence-corrected chi connectivity index (χ3v) is 2.16. The predicted molar refractivity (Wildman–Crippen MR) is 61.0 cm³/mol. The Bertz CT molecular complexity index is 298. The minimum absolute atomic E-state index is 0.202.